The Labute approximate surface area is 126 Å². The highest BCUT2D eigenvalue weighted by molar-refractivity contribution is 7.94. The molecule has 2 aromatic rings. The third-order valence-electron chi connectivity index (χ3n) is 3.03. The number of benzene rings is 2. The minimum Gasteiger partial charge on any atom is -0.219 e. The molecule has 2 aromatic carbocycles. The molecule has 0 fully saturated rings. The average molecular weight is 326 g/mol. The van der Waals surface area contributed by atoms with Crippen LogP contribution in [0.4, 0.5) is 13.2 Å². The summed E-state index contributed by atoms with van der Waals surface area (Å²) in [6.45, 7) is 1.84. The normalized spacial score (nSPS) is 12.7. The van der Waals surface area contributed by atoms with Crippen LogP contribution in [0.1, 0.15) is 16.7 Å². The van der Waals surface area contributed by atoms with Crippen molar-refractivity contribution in [1.29, 1.82) is 0 Å². The number of sulfone groups is 1. The third kappa shape index (κ3) is 3.98. The molecule has 0 aliphatic carbocycles. The van der Waals surface area contributed by atoms with Crippen molar-refractivity contribution < 1.29 is 21.6 Å². The number of hydrogen-bond donors (Lipinski definition) is 0. The van der Waals surface area contributed by atoms with E-state index in [1.807, 2.05) is 6.92 Å². The molecule has 0 N–H and O–H groups in total. The second-order valence-corrected chi connectivity index (χ2v) is 6.61. The van der Waals surface area contributed by atoms with Crippen molar-refractivity contribution in [2.24, 2.45) is 0 Å². The van der Waals surface area contributed by atoms with Gasteiger partial charge in [-0.2, -0.15) is 13.2 Å². The third-order valence-corrected chi connectivity index (χ3v) is 4.45. The first-order valence-electron chi connectivity index (χ1n) is 6.35. The first kappa shape index (κ1) is 16.3. The summed E-state index contributed by atoms with van der Waals surface area (Å²) in [6.07, 6.45) is -3.13. The Morgan fingerprint density at radius 3 is 1.95 bits per heavy atom. The van der Waals surface area contributed by atoms with Crippen molar-refractivity contribution in [3.63, 3.8) is 0 Å². The molecule has 2 rings (SSSR count). The van der Waals surface area contributed by atoms with Crippen molar-refractivity contribution in [3.8, 4) is 0 Å². The SMILES string of the molecule is Cc1ccc(S(=O)(=O)/C=C/c2ccc(C(F)(F)F)cc2)cc1. The van der Waals surface area contributed by atoms with Gasteiger partial charge in [0.2, 0.25) is 0 Å². The largest absolute Gasteiger partial charge is 0.416 e. The molecule has 0 radical (unpaired) electrons. The van der Waals surface area contributed by atoms with E-state index < -0.39 is 21.6 Å². The molecule has 0 aliphatic rings. The molecule has 0 saturated carbocycles. The van der Waals surface area contributed by atoms with Crippen LogP contribution < -0.4 is 0 Å². The van der Waals surface area contributed by atoms with Crippen LogP contribution in [0, 0.1) is 6.92 Å². The zero-order chi connectivity index (χ0) is 16.4. The topological polar surface area (TPSA) is 34.1 Å². The van der Waals surface area contributed by atoms with Crippen LogP contribution in [0.25, 0.3) is 6.08 Å². The highest BCUT2D eigenvalue weighted by Crippen LogP contribution is 2.29. The first-order valence-corrected chi connectivity index (χ1v) is 7.90. The van der Waals surface area contributed by atoms with Gasteiger partial charge in [-0.15, -0.1) is 0 Å². The van der Waals surface area contributed by atoms with Gasteiger partial charge in [0, 0.05) is 5.41 Å². The predicted octanol–water partition coefficient (Wildman–Crippen LogP) is 4.46. The lowest BCUT2D eigenvalue weighted by Gasteiger charge is -2.06. The smallest absolute Gasteiger partial charge is 0.219 e. The Bertz CT molecular complexity index is 772. The maximum atomic E-state index is 12.4. The van der Waals surface area contributed by atoms with Gasteiger partial charge < -0.3 is 0 Å². The molecule has 0 saturated heterocycles. The van der Waals surface area contributed by atoms with E-state index in [2.05, 4.69) is 0 Å². The van der Waals surface area contributed by atoms with Gasteiger partial charge in [0.1, 0.15) is 0 Å². The number of alkyl halides is 3. The molecule has 0 aromatic heterocycles. The molecule has 0 unspecified atom stereocenters. The lowest BCUT2D eigenvalue weighted by atomic mass is 10.1. The molecule has 0 amide bonds. The van der Waals surface area contributed by atoms with Crippen LogP contribution in [0.5, 0.6) is 0 Å². The predicted molar refractivity (Wildman–Crippen MR) is 78.8 cm³/mol. The highest BCUT2D eigenvalue weighted by Gasteiger charge is 2.29. The second-order valence-electron chi connectivity index (χ2n) is 4.78. The highest BCUT2D eigenvalue weighted by atomic mass is 32.2. The Morgan fingerprint density at radius 2 is 1.45 bits per heavy atom. The lowest BCUT2D eigenvalue weighted by Crippen LogP contribution is -2.04. The minimum atomic E-state index is -4.41. The molecule has 2 nitrogen and oxygen atoms in total. The maximum Gasteiger partial charge on any atom is 0.416 e. The monoisotopic (exact) mass is 326 g/mol. The van der Waals surface area contributed by atoms with E-state index in [4.69, 9.17) is 0 Å². The van der Waals surface area contributed by atoms with Gasteiger partial charge in [-0.1, -0.05) is 29.8 Å². The van der Waals surface area contributed by atoms with E-state index in [9.17, 15) is 21.6 Å². The second kappa shape index (κ2) is 5.96. The van der Waals surface area contributed by atoms with Crippen molar-refractivity contribution in [2.45, 2.75) is 18.0 Å². The van der Waals surface area contributed by atoms with Crippen LogP contribution in [-0.4, -0.2) is 8.42 Å². The molecule has 6 heteroatoms. The average Bonchev–Trinajstić information content (AvgIpc) is 2.45. The van der Waals surface area contributed by atoms with E-state index in [-0.39, 0.29) is 4.90 Å². The van der Waals surface area contributed by atoms with Crippen molar-refractivity contribution in [1.82, 2.24) is 0 Å². The van der Waals surface area contributed by atoms with E-state index in [0.29, 0.717) is 5.56 Å². The fraction of sp³-hybridized carbons (Fsp3) is 0.125. The van der Waals surface area contributed by atoms with Crippen LogP contribution >= 0.6 is 0 Å². The molecule has 0 spiro atoms. The molecular formula is C16H13F3O2S. The molecule has 116 valence electrons. The maximum absolute atomic E-state index is 12.4. The van der Waals surface area contributed by atoms with Crippen molar-refractivity contribution in [3.05, 3.63) is 70.6 Å². The number of hydrogen-bond acceptors (Lipinski definition) is 2. The number of aryl methyl sites for hydroxylation is 1. The van der Waals surface area contributed by atoms with Crippen LogP contribution in [0.2, 0.25) is 0 Å². The summed E-state index contributed by atoms with van der Waals surface area (Å²) in [5.74, 6) is 0. The Morgan fingerprint density at radius 1 is 0.909 bits per heavy atom. The molecule has 0 bridgehead atoms. The number of halogens is 3. The zero-order valence-electron chi connectivity index (χ0n) is 11.6. The molecule has 0 heterocycles. The molecular weight excluding hydrogens is 313 g/mol. The fourth-order valence-corrected chi connectivity index (χ4v) is 2.77. The molecule has 0 atom stereocenters. The van der Waals surface area contributed by atoms with Gasteiger partial charge in [-0.25, -0.2) is 8.42 Å². The Kier molecular flexibility index (Phi) is 4.42. The zero-order valence-corrected chi connectivity index (χ0v) is 12.4. The minimum absolute atomic E-state index is 0.140. The van der Waals surface area contributed by atoms with Gasteiger partial charge in [0.25, 0.3) is 0 Å². The quantitative estimate of drug-likeness (QED) is 0.834. The van der Waals surface area contributed by atoms with Crippen molar-refractivity contribution >= 4 is 15.9 Å². The van der Waals surface area contributed by atoms with Crippen LogP contribution in [-0.2, 0) is 16.0 Å². The molecule has 0 aliphatic heterocycles. The van der Waals surface area contributed by atoms with Gasteiger partial charge in [0.05, 0.1) is 10.5 Å². The Balaban J connectivity index is 2.22. The van der Waals surface area contributed by atoms with E-state index in [1.165, 1.54) is 30.3 Å². The summed E-state index contributed by atoms with van der Waals surface area (Å²) in [7, 11) is -3.62. The lowest BCUT2D eigenvalue weighted by molar-refractivity contribution is -0.137. The molecule has 22 heavy (non-hydrogen) atoms. The standard InChI is InChI=1S/C16H13F3O2S/c1-12-2-8-15(9-3-12)22(20,21)11-10-13-4-6-14(7-5-13)16(17,18)19/h2-11H,1H3/b11-10+. The van der Waals surface area contributed by atoms with Gasteiger partial charge in [-0.05, 0) is 42.8 Å². The van der Waals surface area contributed by atoms with E-state index >= 15 is 0 Å². The van der Waals surface area contributed by atoms with E-state index in [0.717, 1.165) is 23.1 Å². The summed E-state index contributed by atoms with van der Waals surface area (Å²) in [6, 6.07) is 10.6. The number of rotatable bonds is 3. The summed E-state index contributed by atoms with van der Waals surface area (Å²) < 4.78 is 61.5. The van der Waals surface area contributed by atoms with Gasteiger partial charge >= 0.3 is 6.18 Å². The van der Waals surface area contributed by atoms with Gasteiger partial charge in [0.15, 0.2) is 9.84 Å². The fourth-order valence-electron chi connectivity index (χ4n) is 1.76. The van der Waals surface area contributed by atoms with Gasteiger partial charge in [-0.3, -0.25) is 0 Å². The van der Waals surface area contributed by atoms with E-state index in [1.54, 1.807) is 12.1 Å². The summed E-state index contributed by atoms with van der Waals surface area (Å²) in [4.78, 5) is 0.140. The van der Waals surface area contributed by atoms with Crippen LogP contribution in [0.15, 0.2) is 58.8 Å². The van der Waals surface area contributed by atoms with Crippen molar-refractivity contribution in [2.75, 3.05) is 0 Å². The Hall–Kier alpha value is -2.08. The summed E-state index contributed by atoms with van der Waals surface area (Å²) in [5.41, 5.74) is 0.542. The summed E-state index contributed by atoms with van der Waals surface area (Å²) in [5, 5.41) is 0.986. The summed E-state index contributed by atoms with van der Waals surface area (Å²) >= 11 is 0. The van der Waals surface area contributed by atoms with Crippen LogP contribution in [0.3, 0.4) is 0 Å². The first-order chi connectivity index (χ1) is 10.2.